The summed E-state index contributed by atoms with van der Waals surface area (Å²) in [6.45, 7) is 0. The lowest BCUT2D eigenvalue weighted by atomic mass is 10.1. The highest BCUT2D eigenvalue weighted by atomic mass is 16.5. The van der Waals surface area contributed by atoms with Gasteiger partial charge in [0, 0.05) is 18.0 Å². The van der Waals surface area contributed by atoms with Gasteiger partial charge in [0.1, 0.15) is 11.6 Å². The standard InChI is InChI=1S/C23H23N3O4/c1-28-20-10-7-15(13-18(20)24)6-9-19(27)17-5-4-12-25-23(17)26-16-8-11-21(29-2)22(14-16)30-3/h4-14H,24H2,1-3H3,(H,25,26)/b9-6+. The molecule has 3 aromatic rings. The van der Waals surface area contributed by atoms with Gasteiger partial charge >= 0.3 is 0 Å². The van der Waals surface area contributed by atoms with E-state index in [9.17, 15) is 4.79 Å². The molecule has 7 heteroatoms. The van der Waals surface area contributed by atoms with Gasteiger partial charge in [0.05, 0.1) is 32.6 Å². The van der Waals surface area contributed by atoms with Gasteiger partial charge in [-0.2, -0.15) is 0 Å². The molecule has 0 aliphatic heterocycles. The van der Waals surface area contributed by atoms with E-state index >= 15 is 0 Å². The highest BCUT2D eigenvalue weighted by molar-refractivity contribution is 6.10. The van der Waals surface area contributed by atoms with Crippen molar-refractivity contribution in [2.24, 2.45) is 0 Å². The second-order valence-corrected chi connectivity index (χ2v) is 6.29. The van der Waals surface area contributed by atoms with Crippen LogP contribution in [0.2, 0.25) is 0 Å². The zero-order valence-electron chi connectivity index (χ0n) is 17.0. The number of hydrogen-bond donors (Lipinski definition) is 2. The molecule has 30 heavy (non-hydrogen) atoms. The molecule has 0 saturated heterocycles. The van der Waals surface area contributed by atoms with E-state index in [4.69, 9.17) is 19.9 Å². The van der Waals surface area contributed by atoms with Crippen LogP contribution in [0.15, 0.2) is 60.8 Å². The molecule has 7 nitrogen and oxygen atoms in total. The first-order valence-corrected chi connectivity index (χ1v) is 9.15. The molecular formula is C23H23N3O4. The summed E-state index contributed by atoms with van der Waals surface area (Å²) in [4.78, 5) is 17.1. The number of nitrogens with zero attached hydrogens (tertiary/aromatic N) is 1. The summed E-state index contributed by atoms with van der Waals surface area (Å²) < 4.78 is 15.7. The van der Waals surface area contributed by atoms with Crippen molar-refractivity contribution in [1.82, 2.24) is 4.98 Å². The average Bonchev–Trinajstić information content (AvgIpc) is 2.77. The number of carbonyl (C=O) groups is 1. The van der Waals surface area contributed by atoms with E-state index < -0.39 is 0 Å². The highest BCUT2D eigenvalue weighted by Gasteiger charge is 2.12. The van der Waals surface area contributed by atoms with Crippen LogP contribution in [0, 0.1) is 0 Å². The smallest absolute Gasteiger partial charge is 0.189 e. The van der Waals surface area contributed by atoms with E-state index in [0.717, 1.165) is 5.56 Å². The Morgan fingerprint density at radius 1 is 0.967 bits per heavy atom. The van der Waals surface area contributed by atoms with Crippen LogP contribution in [0.3, 0.4) is 0 Å². The monoisotopic (exact) mass is 405 g/mol. The Balaban J connectivity index is 1.82. The van der Waals surface area contributed by atoms with Crippen molar-refractivity contribution in [3.8, 4) is 17.2 Å². The van der Waals surface area contributed by atoms with E-state index in [-0.39, 0.29) is 5.78 Å². The Morgan fingerprint density at radius 3 is 2.40 bits per heavy atom. The Bertz CT molecular complexity index is 1080. The van der Waals surface area contributed by atoms with Crippen molar-refractivity contribution in [1.29, 1.82) is 0 Å². The lowest BCUT2D eigenvalue weighted by molar-refractivity contribution is 0.104. The number of allylic oxidation sites excluding steroid dienone is 1. The molecule has 0 amide bonds. The topological polar surface area (TPSA) is 95.7 Å². The van der Waals surface area contributed by atoms with Gasteiger partial charge in [-0.1, -0.05) is 12.1 Å². The van der Waals surface area contributed by atoms with Crippen LogP contribution in [-0.2, 0) is 0 Å². The number of nitrogens with two attached hydrogens (primary N) is 1. The average molecular weight is 405 g/mol. The van der Waals surface area contributed by atoms with Gasteiger partial charge in [0.25, 0.3) is 0 Å². The summed E-state index contributed by atoms with van der Waals surface area (Å²) in [7, 11) is 4.69. The molecule has 0 aliphatic carbocycles. The maximum atomic E-state index is 12.8. The Labute approximate surface area is 175 Å². The van der Waals surface area contributed by atoms with Crippen LogP contribution < -0.4 is 25.3 Å². The van der Waals surface area contributed by atoms with Crippen molar-refractivity contribution in [2.45, 2.75) is 0 Å². The minimum Gasteiger partial charge on any atom is -0.495 e. The number of nitrogen functional groups attached to an aromatic ring is 1. The first-order valence-electron chi connectivity index (χ1n) is 9.15. The molecule has 0 atom stereocenters. The van der Waals surface area contributed by atoms with Crippen molar-refractivity contribution < 1.29 is 19.0 Å². The molecule has 0 spiro atoms. The fraction of sp³-hybridized carbons (Fsp3) is 0.130. The Kier molecular flexibility index (Phi) is 6.54. The third-order valence-corrected chi connectivity index (χ3v) is 4.40. The third-order valence-electron chi connectivity index (χ3n) is 4.40. The maximum absolute atomic E-state index is 12.8. The molecule has 2 aromatic carbocycles. The van der Waals surface area contributed by atoms with E-state index in [1.54, 1.807) is 70.0 Å². The first-order chi connectivity index (χ1) is 14.5. The van der Waals surface area contributed by atoms with Crippen LogP contribution in [0.5, 0.6) is 17.2 Å². The lowest BCUT2D eigenvalue weighted by Crippen LogP contribution is -2.04. The number of methoxy groups -OCH3 is 3. The summed E-state index contributed by atoms with van der Waals surface area (Å²) in [6, 6.07) is 14.1. The molecule has 0 radical (unpaired) electrons. The molecular weight excluding hydrogens is 382 g/mol. The number of anilines is 3. The van der Waals surface area contributed by atoms with Crippen molar-refractivity contribution in [3.63, 3.8) is 0 Å². The minimum absolute atomic E-state index is 0.194. The molecule has 1 aromatic heterocycles. The number of benzene rings is 2. The van der Waals surface area contributed by atoms with Crippen LogP contribution in [0.25, 0.3) is 6.08 Å². The highest BCUT2D eigenvalue weighted by Crippen LogP contribution is 2.31. The van der Waals surface area contributed by atoms with Crippen LogP contribution in [0.1, 0.15) is 15.9 Å². The molecule has 3 N–H and O–H groups in total. The molecule has 1 heterocycles. The first kappa shape index (κ1) is 20.7. The quantitative estimate of drug-likeness (QED) is 0.327. The van der Waals surface area contributed by atoms with Crippen molar-refractivity contribution >= 4 is 29.1 Å². The molecule has 0 aliphatic rings. The fourth-order valence-corrected chi connectivity index (χ4v) is 2.87. The number of aromatic nitrogens is 1. The molecule has 3 rings (SSSR count). The molecule has 154 valence electrons. The summed E-state index contributed by atoms with van der Waals surface area (Å²) >= 11 is 0. The van der Waals surface area contributed by atoms with Gasteiger partial charge < -0.3 is 25.3 Å². The predicted octanol–water partition coefficient (Wildman–Crippen LogP) is 4.33. The summed E-state index contributed by atoms with van der Waals surface area (Å²) in [5.41, 5.74) is 8.37. The number of hydrogen-bond acceptors (Lipinski definition) is 7. The third kappa shape index (κ3) is 4.70. The Morgan fingerprint density at radius 2 is 1.70 bits per heavy atom. The predicted molar refractivity (Wildman–Crippen MR) is 118 cm³/mol. The number of pyridine rings is 1. The maximum Gasteiger partial charge on any atom is 0.189 e. The van der Waals surface area contributed by atoms with Crippen LogP contribution in [-0.4, -0.2) is 32.1 Å². The number of ether oxygens (including phenoxy) is 3. The fourth-order valence-electron chi connectivity index (χ4n) is 2.87. The van der Waals surface area contributed by atoms with Crippen molar-refractivity contribution in [3.05, 3.63) is 71.9 Å². The molecule has 0 fully saturated rings. The lowest BCUT2D eigenvalue weighted by Gasteiger charge is -2.12. The summed E-state index contributed by atoms with van der Waals surface area (Å²) in [6.07, 6.45) is 4.80. The summed E-state index contributed by atoms with van der Waals surface area (Å²) in [5.74, 6) is 2.02. The number of carbonyl (C=O) groups excluding carboxylic acids is 1. The summed E-state index contributed by atoms with van der Waals surface area (Å²) in [5, 5.41) is 3.16. The number of ketones is 1. The molecule has 0 saturated carbocycles. The largest absolute Gasteiger partial charge is 0.495 e. The molecule has 0 bridgehead atoms. The zero-order chi connectivity index (χ0) is 21.5. The van der Waals surface area contributed by atoms with Gasteiger partial charge in [-0.05, 0) is 48.0 Å². The minimum atomic E-state index is -0.194. The molecule has 0 unspecified atom stereocenters. The number of nitrogens with one attached hydrogen (secondary N) is 1. The zero-order valence-corrected chi connectivity index (χ0v) is 17.0. The SMILES string of the molecule is COc1ccc(/C=C/C(=O)c2cccnc2Nc2ccc(OC)c(OC)c2)cc1N. The van der Waals surface area contributed by atoms with Gasteiger partial charge in [0.2, 0.25) is 0 Å². The van der Waals surface area contributed by atoms with Gasteiger partial charge in [-0.25, -0.2) is 4.98 Å². The number of rotatable bonds is 8. The van der Waals surface area contributed by atoms with Crippen LogP contribution >= 0.6 is 0 Å². The van der Waals surface area contributed by atoms with Crippen LogP contribution in [0.4, 0.5) is 17.2 Å². The van der Waals surface area contributed by atoms with E-state index in [0.29, 0.717) is 40.0 Å². The second-order valence-electron chi connectivity index (χ2n) is 6.29. The Hall–Kier alpha value is -4.00. The van der Waals surface area contributed by atoms with E-state index in [1.165, 1.54) is 6.08 Å². The van der Waals surface area contributed by atoms with Gasteiger partial charge in [0.15, 0.2) is 17.3 Å². The normalized spacial score (nSPS) is 10.6. The van der Waals surface area contributed by atoms with E-state index in [1.807, 2.05) is 12.1 Å². The van der Waals surface area contributed by atoms with Gasteiger partial charge in [-0.3, -0.25) is 4.79 Å². The van der Waals surface area contributed by atoms with E-state index in [2.05, 4.69) is 10.3 Å². The second kappa shape index (κ2) is 9.47. The van der Waals surface area contributed by atoms with Crippen molar-refractivity contribution in [2.75, 3.05) is 32.4 Å². The van der Waals surface area contributed by atoms with Gasteiger partial charge in [-0.15, -0.1) is 0 Å².